The van der Waals surface area contributed by atoms with Crippen LogP contribution in [0.25, 0.3) is 11.3 Å². The maximum Gasteiger partial charge on any atom is 0.170 e. The maximum atomic E-state index is 8.68. The van der Waals surface area contributed by atoms with Crippen LogP contribution in [-0.2, 0) is 0 Å². The molecule has 7 heteroatoms. The molecule has 1 aromatic heterocycles. The van der Waals surface area contributed by atoms with Crippen molar-refractivity contribution in [2.24, 2.45) is 10.9 Å². The second-order valence-corrected chi connectivity index (χ2v) is 9.13. The Morgan fingerprint density at radius 2 is 1.53 bits per heavy atom. The summed E-state index contributed by atoms with van der Waals surface area (Å²) in [5.41, 5.74) is 8.44. The van der Waals surface area contributed by atoms with Crippen LogP contribution in [0, 0.1) is 6.92 Å². The molecule has 0 amide bonds. The third-order valence-corrected chi connectivity index (χ3v) is 6.27. The SMILES string of the molecule is Cc1nc(-c2ccc(OCCCCCOc3ccc(C(N)=NO)cc3)cc2)c(C(C)C)s1. The molecule has 3 rings (SSSR count). The van der Waals surface area contributed by atoms with Gasteiger partial charge in [-0.3, -0.25) is 0 Å². The third-order valence-electron chi connectivity index (χ3n) is 5.00. The summed E-state index contributed by atoms with van der Waals surface area (Å²) in [5.74, 6) is 2.21. The van der Waals surface area contributed by atoms with Crippen LogP contribution in [0.15, 0.2) is 53.7 Å². The summed E-state index contributed by atoms with van der Waals surface area (Å²) in [7, 11) is 0. The van der Waals surface area contributed by atoms with Gasteiger partial charge >= 0.3 is 0 Å². The van der Waals surface area contributed by atoms with Crippen molar-refractivity contribution >= 4 is 17.2 Å². The molecular formula is C25H31N3O3S. The van der Waals surface area contributed by atoms with E-state index < -0.39 is 0 Å². The molecule has 0 aliphatic heterocycles. The summed E-state index contributed by atoms with van der Waals surface area (Å²) in [6.07, 6.45) is 2.94. The molecule has 0 saturated carbocycles. The predicted octanol–water partition coefficient (Wildman–Crippen LogP) is 5.96. The lowest BCUT2D eigenvalue weighted by molar-refractivity contribution is 0.279. The van der Waals surface area contributed by atoms with Crippen LogP contribution in [-0.4, -0.2) is 29.2 Å². The highest BCUT2D eigenvalue weighted by molar-refractivity contribution is 7.12. The Morgan fingerprint density at radius 3 is 2.06 bits per heavy atom. The number of benzene rings is 2. The topological polar surface area (TPSA) is 90.0 Å². The molecule has 0 bridgehead atoms. The van der Waals surface area contributed by atoms with E-state index in [0.717, 1.165) is 47.0 Å². The molecule has 0 radical (unpaired) electrons. The van der Waals surface area contributed by atoms with Gasteiger partial charge in [0, 0.05) is 16.0 Å². The Morgan fingerprint density at radius 1 is 0.969 bits per heavy atom. The van der Waals surface area contributed by atoms with Gasteiger partial charge in [-0.15, -0.1) is 11.3 Å². The van der Waals surface area contributed by atoms with Gasteiger partial charge in [0.25, 0.3) is 0 Å². The van der Waals surface area contributed by atoms with E-state index in [4.69, 9.17) is 25.4 Å². The molecule has 6 nitrogen and oxygen atoms in total. The van der Waals surface area contributed by atoms with Gasteiger partial charge in [-0.05, 0) is 80.6 Å². The number of nitrogens with two attached hydrogens (primary N) is 1. The Kier molecular flexibility index (Phi) is 8.50. The first kappa shape index (κ1) is 23.6. The smallest absolute Gasteiger partial charge is 0.170 e. The first-order valence-electron chi connectivity index (χ1n) is 10.9. The molecule has 2 aromatic carbocycles. The van der Waals surface area contributed by atoms with Crippen LogP contribution in [0.5, 0.6) is 11.5 Å². The van der Waals surface area contributed by atoms with Crippen LogP contribution < -0.4 is 15.2 Å². The number of hydrogen-bond donors (Lipinski definition) is 2. The molecule has 0 spiro atoms. The number of nitrogens with zero attached hydrogens (tertiary/aromatic N) is 2. The monoisotopic (exact) mass is 453 g/mol. The number of aryl methyl sites for hydroxylation is 1. The third kappa shape index (κ3) is 6.47. The molecule has 0 aliphatic carbocycles. The van der Waals surface area contributed by atoms with Gasteiger partial charge in [0.05, 0.1) is 23.9 Å². The van der Waals surface area contributed by atoms with Crippen molar-refractivity contribution in [2.45, 2.75) is 46.0 Å². The van der Waals surface area contributed by atoms with Crippen molar-refractivity contribution in [1.29, 1.82) is 0 Å². The highest BCUT2D eigenvalue weighted by atomic mass is 32.1. The number of aromatic nitrogens is 1. The van der Waals surface area contributed by atoms with E-state index >= 15 is 0 Å². The zero-order valence-corrected chi connectivity index (χ0v) is 19.7. The molecule has 1 heterocycles. The lowest BCUT2D eigenvalue weighted by atomic mass is 10.1. The first-order chi connectivity index (χ1) is 15.5. The second-order valence-electron chi connectivity index (χ2n) is 7.89. The van der Waals surface area contributed by atoms with E-state index in [1.165, 1.54) is 4.88 Å². The fourth-order valence-electron chi connectivity index (χ4n) is 3.29. The molecule has 0 atom stereocenters. The Bertz CT molecular complexity index is 1010. The van der Waals surface area contributed by atoms with E-state index in [9.17, 15) is 0 Å². The number of amidine groups is 1. The molecule has 0 saturated heterocycles. The number of hydrogen-bond acceptors (Lipinski definition) is 6. The van der Waals surface area contributed by atoms with Crippen LogP contribution in [0.3, 0.4) is 0 Å². The van der Waals surface area contributed by atoms with Gasteiger partial charge in [-0.25, -0.2) is 4.98 Å². The lowest BCUT2D eigenvalue weighted by Crippen LogP contribution is -2.12. The summed E-state index contributed by atoms with van der Waals surface area (Å²) in [4.78, 5) is 6.05. The Hall–Kier alpha value is -3.06. The molecule has 3 N–H and O–H groups in total. The predicted molar refractivity (Wildman–Crippen MR) is 130 cm³/mol. The Labute approximate surface area is 193 Å². The van der Waals surface area contributed by atoms with Gasteiger partial charge in [0.2, 0.25) is 0 Å². The fourth-order valence-corrected chi connectivity index (χ4v) is 4.24. The van der Waals surface area contributed by atoms with Crippen molar-refractivity contribution in [3.63, 3.8) is 0 Å². The zero-order chi connectivity index (χ0) is 22.9. The van der Waals surface area contributed by atoms with Crippen LogP contribution in [0.2, 0.25) is 0 Å². The number of ether oxygens (including phenoxy) is 2. The average Bonchev–Trinajstić information content (AvgIpc) is 3.21. The van der Waals surface area contributed by atoms with E-state index in [-0.39, 0.29) is 5.84 Å². The number of oxime groups is 1. The van der Waals surface area contributed by atoms with E-state index in [1.807, 2.05) is 24.3 Å². The molecule has 32 heavy (non-hydrogen) atoms. The van der Waals surface area contributed by atoms with Crippen LogP contribution in [0.1, 0.15) is 54.5 Å². The van der Waals surface area contributed by atoms with Gasteiger partial charge in [0.15, 0.2) is 5.84 Å². The zero-order valence-electron chi connectivity index (χ0n) is 18.9. The minimum absolute atomic E-state index is 0.0877. The number of thiazole rings is 1. The van der Waals surface area contributed by atoms with Crippen molar-refractivity contribution in [1.82, 2.24) is 4.98 Å². The quantitative estimate of drug-likeness (QED) is 0.123. The molecule has 170 valence electrons. The summed E-state index contributed by atoms with van der Waals surface area (Å²) in [6.45, 7) is 7.80. The second kappa shape index (κ2) is 11.5. The van der Waals surface area contributed by atoms with Gasteiger partial charge in [-0.2, -0.15) is 0 Å². The van der Waals surface area contributed by atoms with Crippen molar-refractivity contribution in [2.75, 3.05) is 13.2 Å². The minimum Gasteiger partial charge on any atom is -0.494 e. The normalized spacial score (nSPS) is 11.7. The first-order valence-corrected chi connectivity index (χ1v) is 11.7. The van der Waals surface area contributed by atoms with Gasteiger partial charge in [0.1, 0.15) is 11.5 Å². The molecule has 0 aliphatic rings. The standard InChI is InChI=1S/C25H31N3O3S/c1-17(2)24-23(27-18(3)32-24)19-7-11-21(12-8-19)30-15-5-4-6-16-31-22-13-9-20(10-14-22)25(26)28-29/h7-14,17,29H,4-6,15-16H2,1-3H3,(H2,26,28). The van der Waals surface area contributed by atoms with Crippen LogP contribution >= 0.6 is 11.3 Å². The van der Waals surface area contributed by atoms with Crippen molar-refractivity contribution in [3.8, 4) is 22.8 Å². The maximum absolute atomic E-state index is 8.68. The van der Waals surface area contributed by atoms with Crippen molar-refractivity contribution in [3.05, 3.63) is 64.0 Å². The molecule has 0 unspecified atom stereocenters. The van der Waals surface area contributed by atoms with Crippen LogP contribution in [0.4, 0.5) is 0 Å². The summed E-state index contributed by atoms with van der Waals surface area (Å²) in [5, 5.41) is 12.8. The molecule has 0 fully saturated rings. The van der Waals surface area contributed by atoms with E-state index in [0.29, 0.717) is 24.7 Å². The highest BCUT2D eigenvalue weighted by Crippen LogP contribution is 2.34. The number of rotatable bonds is 11. The van der Waals surface area contributed by atoms with Gasteiger partial charge in [-0.1, -0.05) is 19.0 Å². The fraction of sp³-hybridized carbons (Fsp3) is 0.360. The number of unbranched alkanes of at least 4 members (excludes halogenated alkanes) is 2. The summed E-state index contributed by atoms with van der Waals surface area (Å²) in [6, 6.07) is 15.4. The molecule has 3 aromatic rings. The van der Waals surface area contributed by atoms with Crippen molar-refractivity contribution < 1.29 is 14.7 Å². The minimum atomic E-state index is 0.0877. The largest absolute Gasteiger partial charge is 0.494 e. The molecular weight excluding hydrogens is 422 g/mol. The lowest BCUT2D eigenvalue weighted by Gasteiger charge is -2.09. The van der Waals surface area contributed by atoms with E-state index in [2.05, 4.69) is 38.1 Å². The average molecular weight is 454 g/mol. The summed E-state index contributed by atoms with van der Waals surface area (Å²) < 4.78 is 11.6. The Balaban J connectivity index is 1.36. The highest BCUT2D eigenvalue weighted by Gasteiger charge is 2.14. The summed E-state index contributed by atoms with van der Waals surface area (Å²) >= 11 is 1.77. The van der Waals surface area contributed by atoms with Gasteiger partial charge < -0.3 is 20.4 Å². The van der Waals surface area contributed by atoms with E-state index in [1.54, 1.807) is 23.5 Å².